The fraction of sp³-hybridized carbons (Fsp3) is 1.00. The Labute approximate surface area is 43.9 Å². The number of likely N-dealkylation sites (N-methyl/N-ethyl adjacent to an activating group) is 1. The van der Waals surface area contributed by atoms with Gasteiger partial charge in [0.1, 0.15) is 0 Å². The van der Waals surface area contributed by atoms with Crippen molar-refractivity contribution in [3.05, 3.63) is 0 Å². The highest BCUT2D eigenvalue weighted by Crippen LogP contribution is 2.09. The molecule has 1 rings (SSSR count). The summed E-state index contributed by atoms with van der Waals surface area (Å²) < 4.78 is 5.07. The van der Waals surface area contributed by atoms with E-state index in [9.17, 15) is 0 Å². The van der Waals surface area contributed by atoms with Gasteiger partial charge < -0.3 is 10.1 Å². The lowest BCUT2D eigenvalue weighted by atomic mass is 10.1. The van der Waals surface area contributed by atoms with Crippen LogP contribution in [0.2, 0.25) is 0 Å². The van der Waals surface area contributed by atoms with Crippen LogP contribution >= 0.6 is 0 Å². The fourth-order valence-electron chi connectivity index (χ4n) is 0.703. The molecule has 0 bridgehead atoms. The Hall–Kier alpha value is -0.0800. The van der Waals surface area contributed by atoms with Gasteiger partial charge in [0.25, 0.3) is 0 Å². The summed E-state index contributed by atoms with van der Waals surface area (Å²) in [7, 11) is 1.96. The molecule has 1 heterocycles. The van der Waals surface area contributed by atoms with Gasteiger partial charge in [0.05, 0.1) is 18.8 Å². The number of ether oxygens (including phenoxy) is 1. The zero-order valence-corrected chi connectivity index (χ0v) is 4.77. The molecule has 0 radical (unpaired) electrons. The van der Waals surface area contributed by atoms with Gasteiger partial charge in [-0.2, -0.15) is 0 Å². The minimum atomic E-state index is 0.435. The molecule has 2 nitrogen and oxygen atoms in total. The molecule has 0 aromatic rings. The van der Waals surface area contributed by atoms with E-state index in [0.29, 0.717) is 12.1 Å². The van der Waals surface area contributed by atoms with Crippen molar-refractivity contribution in [1.29, 1.82) is 0 Å². The zero-order chi connectivity index (χ0) is 5.28. The summed E-state index contributed by atoms with van der Waals surface area (Å²) in [6.07, 6.45) is 0.435. The average Bonchev–Trinajstić information content (AvgIpc) is 1.65. The second-order valence-corrected chi connectivity index (χ2v) is 1.93. The van der Waals surface area contributed by atoms with Gasteiger partial charge in [0.15, 0.2) is 0 Å². The molecule has 0 aromatic carbocycles. The largest absolute Gasteiger partial charge is 0.375 e. The van der Waals surface area contributed by atoms with Gasteiger partial charge >= 0.3 is 0 Å². The zero-order valence-electron chi connectivity index (χ0n) is 4.77. The van der Waals surface area contributed by atoms with E-state index in [1.165, 1.54) is 0 Å². The SMILES string of the molecule is CNC1COC1C. The Morgan fingerprint density at radius 2 is 2.43 bits per heavy atom. The third-order valence-electron chi connectivity index (χ3n) is 1.48. The smallest absolute Gasteiger partial charge is 0.0723 e. The first kappa shape index (κ1) is 5.06. The van der Waals surface area contributed by atoms with Crippen molar-refractivity contribution in [3.8, 4) is 0 Å². The maximum absolute atomic E-state index is 5.07. The van der Waals surface area contributed by atoms with Crippen molar-refractivity contribution in [1.82, 2.24) is 5.32 Å². The molecule has 2 heteroatoms. The first-order chi connectivity index (χ1) is 3.34. The summed E-state index contributed by atoms with van der Waals surface area (Å²) in [6, 6.07) is 0.611. The minimum absolute atomic E-state index is 0.435. The lowest BCUT2D eigenvalue weighted by molar-refractivity contribution is -0.0723. The first-order valence-electron chi connectivity index (χ1n) is 2.63. The Kier molecular flexibility index (Phi) is 1.30. The van der Waals surface area contributed by atoms with Crippen molar-refractivity contribution in [2.75, 3.05) is 13.7 Å². The molecule has 1 aliphatic rings. The molecule has 7 heavy (non-hydrogen) atoms. The van der Waals surface area contributed by atoms with E-state index in [2.05, 4.69) is 12.2 Å². The molecule has 1 fully saturated rings. The highest BCUT2D eigenvalue weighted by Gasteiger charge is 2.25. The number of hydrogen-bond donors (Lipinski definition) is 1. The Morgan fingerprint density at radius 1 is 1.71 bits per heavy atom. The standard InChI is InChI=1S/C5H11NO/c1-4-5(6-2)3-7-4/h4-6H,3H2,1-2H3. The topological polar surface area (TPSA) is 21.3 Å². The van der Waals surface area contributed by atoms with E-state index in [1.807, 2.05) is 7.05 Å². The van der Waals surface area contributed by atoms with Crippen LogP contribution in [0.3, 0.4) is 0 Å². The van der Waals surface area contributed by atoms with Crippen LogP contribution in [0.15, 0.2) is 0 Å². The van der Waals surface area contributed by atoms with Crippen molar-refractivity contribution in [2.24, 2.45) is 0 Å². The number of rotatable bonds is 1. The van der Waals surface area contributed by atoms with Gasteiger partial charge in [-0.15, -0.1) is 0 Å². The van der Waals surface area contributed by atoms with Crippen molar-refractivity contribution >= 4 is 0 Å². The van der Waals surface area contributed by atoms with Crippen LogP contribution in [0, 0.1) is 0 Å². The predicted molar refractivity (Wildman–Crippen MR) is 28.3 cm³/mol. The minimum Gasteiger partial charge on any atom is -0.375 e. The molecule has 1 saturated heterocycles. The van der Waals surface area contributed by atoms with Crippen LogP contribution in [0.4, 0.5) is 0 Å². The lowest BCUT2D eigenvalue weighted by Crippen LogP contribution is -2.51. The Balaban J connectivity index is 2.16. The quantitative estimate of drug-likeness (QED) is 0.501. The second-order valence-electron chi connectivity index (χ2n) is 1.93. The van der Waals surface area contributed by atoms with E-state index in [1.54, 1.807) is 0 Å². The van der Waals surface area contributed by atoms with Crippen LogP contribution in [0.25, 0.3) is 0 Å². The molecule has 1 aliphatic heterocycles. The van der Waals surface area contributed by atoms with Crippen molar-refractivity contribution in [2.45, 2.75) is 19.1 Å². The van der Waals surface area contributed by atoms with Crippen molar-refractivity contribution < 1.29 is 4.74 Å². The molecule has 2 atom stereocenters. The number of nitrogens with one attached hydrogen (secondary N) is 1. The van der Waals surface area contributed by atoms with E-state index >= 15 is 0 Å². The predicted octanol–water partition coefficient (Wildman–Crippen LogP) is -0.00690. The van der Waals surface area contributed by atoms with E-state index in [4.69, 9.17) is 4.74 Å². The highest BCUT2D eigenvalue weighted by molar-refractivity contribution is 4.79. The van der Waals surface area contributed by atoms with Crippen LogP contribution in [-0.2, 0) is 4.74 Å². The molecular formula is C5H11NO. The highest BCUT2D eigenvalue weighted by atomic mass is 16.5. The third-order valence-corrected chi connectivity index (χ3v) is 1.48. The Bertz CT molecular complexity index is 63.1. The first-order valence-corrected chi connectivity index (χ1v) is 2.63. The van der Waals surface area contributed by atoms with E-state index in [0.717, 1.165) is 6.61 Å². The molecule has 42 valence electrons. The summed E-state index contributed by atoms with van der Waals surface area (Å²) in [5.41, 5.74) is 0. The van der Waals surface area contributed by atoms with Crippen LogP contribution in [0.1, 0.15) is 6.92 Å². The van der Waals surface area contributed by atoms with E-state index in [-0.39, 0.29) is 0 Å². The van der Waals surface area contributed by atoms with Crippen LogP contribution in [0.5, 0.6) is 0 Å². The van der Waals surface area contributed by atoms with Crippen LogP contribution < -0.4 is 5.32 Å². The lowest BCUT2D eigenvalue weighted by Gasteiger charge is -2.33. The third kappa shape index (κ3) is 0.763. The average molecular weight is 101 g/mol. The Morgan fingerprint density at radius 3 is 2.43 bits per heavy atom. The van der Waals surface area contributed by atoms with Gasteiger partial charge in [0, 0.05) is 0 Å². The number of hydrogen-bond acceptors (Lipinski definition) is 2. The summed E-state index contributed by atoms with van der Waals surface area (Å²) in [5, 5.41) is 3.13. The van der Waals surface area contributed by atoms with E-state index < -0.39 is 0 Å². The monoisotopic (exact) mass is 101 g/mol. The maximum Gasteiger partial charge on any atom is 0.0723 e. The summed E-state index contributed by atoms with van der Waals surface area (Å²) in [6.45, 7) is 2.96. The summed E-state index contributed by atoms with van der Waals surface area (Å²) >= 11 is 0. The van der Waals surface area contributed by atoms with Gasteiger partial charge in [0.2, 0.25) is 0 Å². The van der Waals surface area contributed by atoms with Gasteiger partial charge in [-0.1, -0.05) is 0 Å². The fourth-order valence-corrected chi connectivity index (χ4v) is 0.703. The molecule has 0 amide bonds. The van der Waals surface area contributed by atoms with Gasteiger partial charge in [-0.25, -0.2) is 0 Å². The molecule has 1 N–H and O–H groups in total. The summed E-state index contributed by atoms with van der Waals surface area (Å²) in [5.74, 6) is 0. The summed E-state index contributed by atoms with van der Waals surface area (Å²) in [4.78, 5) is 0. The second kappa shape index (κ2) is 1.80. The molecule has 0 spiro atoms. The van der Waals surface area contributed by atoms with Gasteiger partial charge in [-0.3, -0.25) is 0 Å². The molecule has 0 aromatic heterocycles. The normalized spacial score (nSPS) is 40.3. The van der Waals surface area contributed by atoms with Crippen molar-refractivity contribution in [3.63, 3.8) is 0 Å². The molecule has 2 unspecified atom stereocenters. The molecular weight excluding hydrogens is 90.1 g/mol. The molecule has 0 aliphatic carbocycles. The molecule has 0 saturated carbocycles. The van der Waals surface area contributed by atoms with Gasteiger partial charge in [-0.05, 0) is 14.0 Å². The van der Waals surface area contributed by atoms with Crippen LogP contribution in [-0.4, -0.2) is 25.8 Å². The maximum atomic E-state index is 5.07.